The lowest BCUT2D eigenvalue weighted by atomic mass is 10.0. The minimum absolute atomic E-state index is 0.531. The van der Waals surface area contributed by atoms with E-state index in [1.54, 1.807) is 34.6 Å². The van der Waals surface area contributed by atoms with Gasteiger partial charge in [-0.1, -0.05) is 0 Å². The number of methoxy groups -OCH3 is 1. The highest BCUT2D eigenvalue weighted by atomic mass is 16.7. The Morgan fingerprint density at radius 3 is 1.93 bits per heavy atom. The number of esters is 1. The minimum atomic E-state index is -0.943. The Kier molecular flexibility index (Phi) is 4.70. The summed E-state index contributed by atoms with van der Waals surface area (Å²) in [4.78, 5) is 16.3. The van der Waals surface area contributed by atoms with Crippen molar-refractivity contribution < 1.29 is 19.1 Å². The van der Waals surface area contributed by atoms with Crippen LogP contribution in [-0.2, 0) is 19.1 Å². The summed E-state index contributed by atoms with van der Waals surface area (Å²) in [7, 11) is 1.48. The van der Waals surface area contributed by atoms with Gasteiger partial charge in [0.05, 0.1) is 0 Å². The van der Waals surface area contributed by atoms with E-state index in [4.69, 9.17) is 15.4 Å². The molecule has 15 heavy (non-hydrogen) atoms. The quantitative estimate of drug-likeness (QED) is 0.564. The van der Waals surface area contributed by atoms with Gasteiger partial charge in [-0.05, 0) is 34.6 Å². The van der Waals surface area contributed by atoms with Crippen LogP contribution in [0, 0.1) is 0 Å². The van der Waals surface area contributed by atoms with Crippen molar-refractivity contribution in [1.82, 2.24) is 0 Å². The molecule has 0 fully saturated rings. The van der Waals surface area contributed by atoms with Crippen molar-refractivity contribution in [1.29, 1.82) is 0 Å². The molecule has 0 radical (unpaired) electrons. The summed E-state index contributed by atoms with van der Waals surface area (Å²) in [6.45, 7) is 8.73. The molecule has 0 aromatic carbocycles. The van der Waals surface area contributed by atoms with Crippen LogP contribution in [0.5, 0.6) is 0 Å². The van der Waals surface area contributed by atoms with Crippen LogP contribution in [0.1, 0.15) is 34.6 Å². The van der Waals surface area contributed by atoms with E-state index >= 15 is 0 Å². The molecule has 0 aromatic heterocycles. The number of carbonyl (C=O) groups is 1. The van der Waals surface area contributed by atoms with Crippen molar-refractivity contribution in [2.45, 2.75) is 51.9 Å². The first kappa shape index (κ1) is 14.3. The summed E-state index contributed by atoms with van der Waals surface area (Å²) < 4.78 is 10.3. The molecular formula is C10H21NO4. The number of nitrogens with two attached hydrogens (primary N) is 1. The van der Waals surface area contributed by atoms with E-state index in [9.17, 15) is 4.79 Å². The average molecular weight is 219 g/mol. The van der Waals surface area contributed by atoms with Gasteiger partial charge in [0.2, 0.25) is 6.10 Å². The van der Waals surface area contributed by atoms with Crippen LogP contribution in [0.25, 0.3) is 0 Å². The first-order chi connectivity index (χ1) is 6.64. The van der Waals surface area contributed by atoms with E-state index in [0.29, 0.717) is 0 Å². The number of carbonyl (C=O) groups excluding carboxylic acids is 1. The molecule has 0 rings (SSSR count). The maximum atomic E-state index is 11.7. The number of rotatable bonds is 4. The van der Waals surface area contributed by atoms with E-state index in [2.05, 4.69) is 4.84 Å². The van der Waals surface area contributed by atoms with Gasteiger partial charge >= 0.3 is 5.97 Å². The van der Waals surface area contributed by atoms with E-state index in [0.717, 1.165) is 0 Å². The largest absolute Gasteiger partial charge is 0.458 e. The zero-order chi connectivity index (χ0) is 12.3. The Morgan fingerprint density at radius 1 is 1.20 bits per heavy atom. The highest BCUT2D eigenvalue weighted by molar-refractivity contribution is 5.76. The monoisotopic (exact) mass is 219 g/mol. The molecule has 0 aliphatic carbocycles. The van der Waals surface area contributed by atoms with E-state index in [1.807, 2.05) is 0 Å². The molecule has 0 amide bonds. The lowest BCUT2D eigenvalue weighted by Gasteiger charge is -2.31. The van der Waals surface area contributed by atoms with Gasteiger partial charge in [0.15, 0.2) is 0 Å². The van der Waals surface area contributed by atoms with Gasteiger partial charge in [0.1, 0.15) is 11.2 Å². The molecule has 5 nitrogen and oxygen atoms in total. The van der Waals surface area contributed by atoms with Gasteiger partial charge < -0.3 is 9.47 Å². The smallest absolute Gasteiger partial charge is 0.340 e. The third-order valence-corrected chi connectivity index (χ3v) is 1.91. The highest BCUT2D eigenvalue weighted by Gasteiger charge is 2.39. The molecule has 0 unspecified atom stereocenters. The lowest BCUT2D eigenvalue weighted by Crippen LogP contribution is -2.49. The molecule has 0 heterocycles. The van der Waals surface area contributed by atoms with Crippen LogP contribution in [0.3, 0.4) is 0 Å². The summed E-state index contributed by atoms with van der Waals surface area (Å²) in [5.74, 6) is 4.54. The van der Waals surface area contributed by atoms with Crippen molar-refractivity contribution >= 4 is 5.97 Å². The number of ether oxygens (including phenoxy) is 2. The van der Waals surface area contributed by atoms with Gasteiger partial charge in [-0.25, -0.2) is 10.7 Å². The minimum Gasteiger partial charge on any atom is -0.458 e. The van der Waals surface area contributed by atoms with Gasteiger partial charge in [-0.2, -0.15) is 0 Å². The van der Waals surface area contributed by atoms with Crippen molar-refractivity contribution in [3.63, 3.8) is 0 Å². The summed E-state index contributed by atoms with van der Waals surface area (Å²) in [6.07, 6.45) is -0.943. The second kappa shape index (κ2) is 4.92. The molecule has 2 N–H and O–H groups in total. The first-order valence-corrected chi connectivity index (χ1v) is 4.77. The van der Waals surface area contributed by atoms with Gasteiger partial charge in [-0.3, -0.25) is 4.84 Å². The highest BCUT2D eigenvalue weighted by Crippen LogP contribution is 2.19. The van der Waals surface area contributed by atoms with Crippen LogP contribution < -0.4 is 5.90 Å². The van der Waals surface area contributed by atoms with Crippen molar-refractivity contribution in [3.05, 3.63) is 0 Å². The second-order valence-corrected chi connectivity index (χ2v) is 4.86. The van der Waals surface area contributed by atoms with E-state index in [-0.39, 0.29) is 0 Å². The topological polar surface area (TPSA) is 70.8 Å². The molecule has 90 valence electrons. The predicted molar refractivity (Wildman–Crippen MR) is 56.0 cm³/mol. The SMILES string of the molecule is COC(C)(C)[C@H](ON)C(=O)OC(C)(C)C. The van der Waals surface area contributed by atoms with Crippen LogP contribution in [0.15, 0.2) is 0 Å². The van der Waals surface area contributed by atoms with Crippen LogP contribution in [0.4, 0.5) is 0 Å². The fraction of sp³-hybridized carbons (Fsp3) is 0.900. The molecule has 0 aromatic rings. The Morgan fingerprint density at radius 2 is 1.67 bits per heavy atom. The molecule has 0 saturated carbocycles. The standard InChI is InChI=1S/C10H21NO4/c1-9(2,3)14-8(12)7(15-11)10(4,5)13-6/h7H,11H2,1-6H3/t7-/m1/s1. The second-order valence-electron chi connectivity index (χ2n) is 4.86. The Balaban J connectivity index is 4.63. The molecule has 0 aliphatic heterocycles. The maximum Gasteiger partial charge on any atom is 0.340 e. The molecule has 0 spiro atoms. The third-order valence-electron chi connectivity index (χ3n) is 1.91. The Labute approximate surface area is 90.8 Å². The van der Waals surface area contributed by atoms with Crippen molar-refractivity contribution in [2.24, 2.45) is 5.90 Å². The van der Waals surface area contributed by atoms with E-state index in [1.165, 1.54) is 7.11 Å². The molecule has 0 aliphatic rings. The van der Waals surface area contributed by atoms with Crippen LogP contribution >= 0.6 is 0 Å². The fourth-order valence-electron chi connectivity index (χ4n) is 0.966. The molecule has 0 saturated heterocycles. The summed E-state index contributed by atoms with van der Waals surface area (Å²) in [5.41, 5.74) is -1.39. The van der Waals surface area contributed by atoms with Crippen molar-refractivity contribution in [3.8, 4) is 0 Å². The lowest BCUT2D eigenvalue weighted by molar-refractivity contribution is -0.188. The predicted octanol–water partition coefficient (Wildman–Crippen LogP) is 1.01. The zero-order valence-corrected chi connectivity index (χ0v) is 10.3. The normalized spacial score (nSPS) is 14.9. The molecule has 1 atom stereocenters. The molecule has 5 heteroatoms. The average Bonchev–Trinajstić information content (AvgIpc) is 2.01. The molecular weight excluding hydrogens is 198 g/mol. The van der Waals surface area contributed by atoms with Gasteiger partial charge in [0.25, 0.3) is 0 Å². The summed E-state index contributed by atoms with van der Waals surface area (Å²) in [5, 5.41) is 0. The third kappa shape index (κ3) is 4.59. The number of hydrogen-bond donors (Lipinski definition) is 1. The summed E-state index contributed by atoms with van der Waals surface area (Å²) in [6, 6.07) is 0. The fourth-order valence-corrected chi connectivity index (χ4v) is 0.966. The van der Waals surface area contributed by atoms with Crippen LogP contribution in [0.2, 0.25) is 0 Å². The van der Waals surface area contributed by atoms with Gasteiger partial charge in [-0.15, -0.1) is 0 Å². The first-order valence-electron chi connectivity index (χ1n) is 4.77. The van der Waals surface area contributed by atoms with Gasteiger partial charge in [0, 0.05) is 7.11 Å². The van der Waals surface area contributed by atoms with Crippen LogP contribution in [-0.4, -0.2) is 30.4 Å². The molecule has 0 bridgehead atoms. The zero-order valence-electron chi connectivity index (χ0n) is 10.3. The van der Waals surface area contributed by atoms with E-state index < -0.39 is 23.3 Å². The Hall–Kier alpha value is -0.650. The van der Waals surface area contributed by atoms with Crippen molar-refractivity contribution in [2.75, 3.05) is 7.11 Å². The number of hydrogen-bond acceptors (Lipinski definition) is 5. The Bertz CT molecular complexity index is 220. The summed E-state index contributed by atoms with van der Waals surface area (Å²) >= 11 is 0. The maximum absolute atomic E-state index is 11.7.